The second-order valence-corrected chi connectivity index (χ2v) is 11.1. The van der Waals surface area contributed by atoms with Crippen molar-refractivity contribution in [3.05, 3.63) is 96.3 Å². The lowest BCUT2D eigenvalue weighted by atomic mass is 10.1. The van der Waals surface area contributed by atoms with Crippen LogP contribution in [0.25, 0.3) is 37.9 Å². The largest absolute Gasteiger partial charge is 0.377 e. The van der Waals surface area contributed by atoms with Crippen molar-refractivity contribution in [2.24, 2.45) is 0 Å². The number of aromatic nitrogens is 7. The Labute approximate surface area is 252 Å². The lowest BCUT2D eigenvalue weighted by molar-refractivity contribution is 0.0409. The van der Waals surface area contributed by atoms with E-state index in [-0.39, 0.29) is 0 Å². The zero-order valence-corrected chi connectivity index (χ0v) is 24.6. The Morgan fingerprint density at radius 3 is 2.42 bits per heavy atom. The number of para-hydroxylation sites is 1. The van der Waals surface area contributed by atoms with Crippen LogP contribution in [0.15, 0.2) is 85.2 Å². The molecule has 0 aliphatic carbocycles. The first-order valence-corrected chi connectivity index (χ1v) is 15.2. The second-order valence-electron chi connectivity index (χ2n) is 10.1. The van der Waals surface area contributed by atoms with Gasteiger partial charge in [0.1, 0.15) is 16.0 Å². The van der Waals surface area contributed by atoms with Crippen LogP contribution in [0.1, 0.15) is 54.9 Å². The normalized spacial score (nSPS) is 11.3. The van der Waals surface area contributed by atoms with E-state index >= 15 is 0 Å². The Morgan fingerprint density at radius 1 is 0.837 bits per heavy atom. The molecule has 0 N–H and O–H groups in total. The van der Waals surface area contributed by atoms with E-state index in [2.05, 4.69) is 44.7 Å². The Bertz CT molecular complexity index is 1790. The molecule has 3 heterocycles. The van der Waals surface area contributed by atoms with Crippen molar-refractivity contribution >= 4 is 28.3 Å². The summed E-state index contributed by atoms with van der Waals surface area (Å²) in [7, 11) is 0. The highest BCUT2D eigenvalue weighted by Gasteiger charge is 2.15. The summed E-state index contributed by atoms with van der Waals surface area (Å²) in [6, 6.07) is 22.5. The predicted molar refractivity (Wildman–Crippen MR) is 165 cm³/mol. The summed E-state index contributed by atoms with van der Waals surface area (Å²) in [4.78, 5) is 19.2. The van der Waals surface area contributed by atoms with E-state index in [0.717, 1.165) is 50.3 Å². The smallest absolute Gasteiger partial charge is 0.365 e. The van der Waals surface area contributed by atoms with Crippen LogP contribution in [0.2, 0.25) is 0 Å². The zero-order valence-electron chi connectivity index (χ0n) is 23.8. The van der Waals surface area contributed by atoms with Crippen LogP contribution in [0.3, 0.4) is 0 Å². The van der Waals surface area contributed by atoms with E-state index in [1.165, 1.54) is 37.0 Å². The maximum atomic E-state index is 12.7. The molecule has 0 aliphatic heterocycles. The van der Waals surface area contributed by atoms with Crippen molar-refractivity contribution in [1.82, 2.24) is 35.1 Å². The van der Waals surface area contributed by atoms with E-state index in [1.54, 1.807) is 30.5 Å². The van der Waals surface area contributed by atoms with Crippen LogP contribution in [0.5, 0.6) is 0 Å². The third kappa shape index (κ3) is 6.85. The van der Waals surface area contributed by atoms with E-state index in [0.29, 0.717) is 23.2 Å². The van der Waals surface area contributed by atoms with Gasteiger partial charge in [0.05, 0.1) is 29.6 Å². The van der Waals surface area contributed by atoms with Crippen LogP contribution in [0, 0.1) is 0 Å². The quantitative estimate of drug-likeness (QED) is 0.109. The highest BCUT2D eigenvalue weighted by atomic mass is 32.1. The zero-order chi connectivity index (χ0) is 29.4. The SMILES string of the molecule is CCCCCCCOCc1ccc(-n2cc(-c3nnc(-c4ccc(C(=O)On5nnc6ccccc65)cc4)s3)cn2)cc1. The number of hydrogen-bond acceptors (Lipinski definition) is 9. The number of carbonyl (C=O) groups excluding carboxylic acids is 1. The van der Waals surface area contributed by atoms with Gasteiger partial charge < -0.3 is 9.57 Å². The first-order chi connectivity index (χ1) is 21.2. The van der Waals surface area contributed by atoms with Crippen LogP contribution in [-0.4, -0.2) is 47.7 Å². The van der Waals surface area contributed by atoms with Gasteiger partial charge in [0.25, 0.3) is 0 Å². The Morgan fingerprint density at radius 2 is 1.60 bits per heavy atom. The molecular weight excluding hydrogens is 562 g/mol. The fourth-order valence-corrected chi connectivity index (χ4v) is 5.39. The molecule has 6 aromatic rings. The van der Waals surface area contributed by atoms with Crippen LogP contribution in [-0.2, 0) is 11.3 Å². The molecule has 0 saturated carbocycles. The number of carbonyl (C=O) groups is 1. The molecule has 3 aromatic carbocycles. The summed E-state index contributed by atoms with van der Waals surface area (Å²) >= 11 is 1.46. The topological polar surface area (TPSA) is 110 Å². The summed E-state index contributed by atoms with van der Waals surface area (Å²) < 4.78 is 7.66. The molecule has 11 heteroatoms. The van der Waals surface area contributed by atoms with Crippen molar-refractivity contribution < 1.29 is 14.4 Å². The number of benzene rings is 3. The van der Waals surface area contributed by atoms with Crippen molar-refractivity contribution in [2.45, 2.75) is 45.6 Å². The lowest BCUT2D eigenvalue weighted by Crippen LogP contribution is -2.20. The summed E-state index contributed by atoms with van der Waals surface area (Å²) in [5.74, 6) is -0.536. The van der Waals surface area contributed by atoms with Gasteiger partial charge in [0.15, 0.2) is 5.01 Å². The van der Waals surface area contributed by atoms with Gasteiger partial charge in [0, 0.05) is 18.4 Å². The first kappa shape index (κ1) is 28.4. The number of fused-ring (bicyclic) bond motifs is 1. The van der Waals surface area contributed by atoms with Crippen LogP contribution < -0.4 is 4.84 Å². The number of ether oxygens (including phenoxy) is 1. The van der Waals surface area contributed by atoms with Crippen LogP contribution >= 0.6 is 11.3 Å². The van der Waals surface area contributed by atoms with Crippen molar-refractivity contribution in [1.29, 1.82) is 0 Å². The average Bonchev–Trinajstić information content (AvgIpc) is 3.82. The molecule has 0 spiro atoms. The molecule has 0 amide bonds. The van der Waals surface area contributed by atoms with E-state index < -0.39 is 5.97 Å². The summed E-state index contributed by atoms with van der Waals surface area (Å²) in [6.07, 6.45) is 9.92. The fraction of sp³-hybridized carbons (Fsp3) is 0.250. The lowest BCUT2D eigenvalue weighted by Gasteiger charge is -2.06. The van der Waals surface area contributed by atoms with Gasteiger partial charge in [0.2, 0.25) is 0 Å². The summed E-state index contributed by atoms with van der Waals surface area (Å²) in [6.45, 7) is 3.65. The van der Waals surface area contributed by atoms with Gasteiger partial charge in [-0.1, -0.05) is 85.2 Å². The Balaban J connectivity index is 1.05. The monoisotopic (exact) mass is 593 g/mol. The molecule has 6 rings (SSSR count). The number of unbranched alkanes of at least 4 members (excludes halogenated alkanes) is 4. The van der Waals surface area contributed by atoms with Gasteiger partial charge in [-0.15, -0.1) is 15.3 Å². The van der Waals surface area contributed by atoms with Gasteiger partial charge in [-0.2, -0.15) is 5.10 Å². The molecule has 0 saturated heterocycles. The highest BCUT2D eigenvalue weighted by Crippen LogP contribution is 2.30. The summed E-state index contributed by atoms with van der Waals surface area (Å²) in [5.41, 5.74) is 5.46. The third-order valence-corrected chi connectivity index (χ3v) is 8.00. The Hall–Kier alpha value is -4.74. The average molecular weight is 594 g/mol. The van der Waals surface area contributed by atoms with E-state index in [4.69, 9.17) is 9.57 Å². The van der Waals surface area contributed by atoms with E-state index in [9.17, 15) is 4.79 Å². The minimum Gasteiger partial charge on any atom is -0.377 e. The third-order valence-electron chi connectivity index (χ3n) is 6.97. The van der Waals surface area contributed by atoms with Crippen molar-refractivity contribution in [2.75, 3.05) is 6.61 Å². The number of hydrogen-bond donors (Lipinski definition) is 0. The van der Waals surface area contributed by atoms with Crippen LogP contribution in [0.4, 0.5) is 0 Å². The minimum atomic E-state index is -0.536. The summed E-state index contributed by atoms with van der Waals surface area (Å²) in [5, 5.41) is 22.7. The maximum Gasteiger partial charge on any atom is 0.365 e. The molecule has 218 valence electrons. The first-order valence-electron chi connectivity index (χ1n) is 14.4. The van der Waals surface area contributed by atoms with E-state index in [1.807, 2.05) is 47.3 Å². The minimum absolute atomic E-state index is 0.384. The molecule has 43 heavy (non-hydrogen) atoms. The van der Waals surface area contributed by atoms with Gasteiger partial charge in [-0.3, -0.25) is 0 Å². The molecule has 0 atom stereocenters. The fourth-order valence-electron chi connectivity index (χ4n) is 4.57. The van der Waals surface area contributed by atoms with Gasteiger partial charge in [-0.25, -0.2) is 9.48 Å². The van der Waals surface area contributed by atoms with Crippen molar-refractivity contribution in [3.8, 4) is 26.8 Å². The predicted octanol–water partition coefficient (Wildman–Crippen LogP) is 6.56. The van der Waals surface area contributed by atoms with Gasteiger partial charge >= 0.3 is 5.97 Å². The second kappa shape index (κ2) is 13.5. The maximum absolute atomic E-state index is 12.7. The standard InChI is InChI=1S/C32H31N7O3S/c1-2-3-4-5-8-19-41-22-23-11-17-27(18-12-23)38-21-26(20-33-38)31-36-35-30(43-31)24-13-15-25(16-14-24)32(40)42-39-29-10-7-6-9-28(29)34-37-39/h6-7,9-18,20-21H,2-5,8,19,22H2,1H3. The molecule has 0 unspecified atom stereocenters. The molecule has 0 aliphatic rings. The molecule has 10 nitrogen and oxygen atoms in total. The Kier molecular flexibility index (Phi) is 8.90. The molecule has 0 radical (unpaired) electrons. The molecule has 0 fully saturated rings. The number of rotatable bonds is 13. The molecule has 0 bridgehead atoms. The molecule has 3 aromatic heterocycles. The number of nitrogens with zero attached hydrogens (tertiary/aromatic N) is 7. The van der Waals surface area contributed by atoms with Crippen molar-refractivity contribution in [3.63, 3.8) is 0 Å². The highest BCUT2D eigenvalue weighted by molar-refractivity contribution is 7.17. The molecular formula is C32H31N7O3S. The van der Waals surface area contributed by atoms with Gasteiger partial charge in [-0.05, 0) is 53.6 Å².